The third kappa shape index (κ3) is 2.35. The van der Waals surface area contributed by atoms with E-state index in [-0.39, 0.29) is 6.03 Å². The number of anilines is 2. The van der Waals surface area contributed by atoms with E-state index in [0.29, 0.717) is 23.1 Å². The molecule has 1 fully saturated rings. The first-order chi connectivity index (χ1) is 9.66. The Kier molecular flexibility index (Phi) is 3.55. The number of para-hydroxylation sites is 1. The lowest BCUT2D eigenvalue weighted by molar-refractivity contribution is 0.256. The Morgan fingerprint density at radius 3 is 2.10 bits per heavy atom. The molecule has 0 saturated carbocycles. The average Bonchev–Trinajstić information content (AvgIpc) is 2.85. The molecule has 0 radical (unpaired) electrons. The summed E-state index contributed by atoms with van der Waals surface area (Å²) in [6, 6.07) is 14.8. The Balaban J connectivity index is 1.87. The molecule has 1 heterocycles. The van der Waals surface area contributed by atoms with Crippen molar-refractivity contribution in [1.82, 2.24) is 0 Å². The summed E-state index contributed by atoms with van der Waals surface area (Å²) in [5.74, 6) is 0. The van der Waals surface area contributed by atoms with Crippen molar-refractivity contribution in [1.29, 1.82) is 0 Å². The molecular weight excluding hydrogens is 295 g/mol. The van der Waals surface area contributed by atoms with Crippen molar-refractivity contribution in [3.63, 3.8) is 0 Å². The van der Waals surface area contributed by atoms with Gasteiger partial charge in [0, 0.05) is 24.5 Å². The van der Waals surface area contributed by atoms with Gasteiger partial charge in [0.1, 0.15) is 0 Å². The summed E-state index contributed by atoms with van der Waals surface area (Å²) < 4.78 is 0. The van der Waals surface area contributed by atoms with Crippen molar-refractivity contribution in [2.45, 2.75) is 0 Å². The highest BCUT2D eigenvalue weighted by Crippen LogP contribution is 2.30. The Labute approximate surface area is 127 Å². The molecule has 0 aromatic heterocycles. The first kappa shape index (κ1) is 13.3. The van der Waals surface area contributed by atoms with Crippen LogP contribution < -0.4 is 9.80 Å². The molecule has 2 aromatic rings. The summed E-state index contributed by atoms with van der Waals surface area (Å²) in [6.07, 6.45) is 0. The Morgan fingerprint density at radius 1 is 0.800 bits per heavy atom. The van der Waals surface area contributed by atoms with Crippen LogP contribution in [0.1, 0.15) is 0 Å². The summed E-state index contributed by atoms with van der Waals surface area (Å²) in [4.78, 5) is 15.9. The summed E-state index contributed by atoms with van der Waals surface area (Å²) in [5.41, 5.74) is 1.67. The van der Waals surface area contributed by atoms with E-state index < -0.39 is 0 Å². The van der Waals surface area contributed by atoms with Gasteiger partial charge in [0.15, 0.2) is 0 Å². The third-order valence-corrected chi connectivity index (χ3v) is 4.03. The number of benzene rings is 2. The minimum absolute atomic E-state index is 0.0467. The van der Waals surface area contributed by atoms with Gasteiger partial charge in [0.05, 0.1) is 10.0 Å². The van der Waals surface area contributed by atoms with Crippen molar-refractivity contribution in [3.05, 3.63) is 58.6 Å². The van der Waals surface area contributed by atoms with Gasteiger partial charge in [0.2, 0.25) is 0 Å². The maximum atomic E-state index is 12.5. The fourth-order valence-corrected chi connectivity index (χ4v) is 2.57. The molecule has 5 heteroatoms. The molecule has 2 amide bonds. The molecule has 0 atom stereocenters. The van der Waals surface area contributed by atoms with Crippen molar-refractivity contribution in [3.8, 4) is 0 Å². The van der Waals surface area contributed by atoms with E-state index in [1.807, 2.05) is 30.3 Å². The topological polar surface area (TPSA) is 23.6 Å². The number of urea groups is 1. The highest BCUT2D eigenvalue weighted by molar-refractivity contribution is 6.42. The normalized spacial score (nSPS) is 15.0. The van der Waals surface area contributed by atoms with E-state index in [9.17, 15) is 4.79 Å². The van der Waals surface area contributed by atoms with E-state index in [1.165, 1.54) is 0 Å². The zero-order chi connectivity index (χ0) is 14.1. The monoisotopic (exact) mass is 306 g/mol. The predicted octanol–water partition coefficient (Wildman–Crippen LogP) is 4.44. The highest BCUT2D eigenvalue weighted by Gasteiger charge is 2.30. The molecule has 1 saturated heterocycles. The molecular formula is C15H12Cl2N2O. The molecule has 102 valence electrons. The fraction of sp³-hybridized carbons (Fsp3) is 0.133. The second-order valence-corrected chi connectivity index (χ2v) is 5.33. The van der Waals surface area contributed by atoms with Crippen LogP contribution in [-0.4, -0.2) is 19.1 Å². The van der Waals surface area contributed by atoms with Crippen LogP contribution >= 0.6 is 23.2 Å². The first-order valence-corrected chi connectivity index (χ1v) is 7.01. The summed E-state index contributed by atoms with van der Waals surface area (Å²) in [7, 11) is 0. The van der Waals surface area contributed by atoms with E-state index >= 15 is 0 Å². The number of carbonyl (C=O) groups is 1. The number of amides is 2. The van der Waals surface area contributed by atoms with Gasteiger partial charge in [0.25, 0.3) is 0 Å². The number of nitrogens with zero attached hydrogens (tertiary/aromatic N) is 2. The molecule has 0 unspecified atom stereocenters. The van der Waals surface area contributed by atoms with Gasteiger partial charge in [-0.1, -0.05) is 41.4 Å². The molecule has 1 aliphatic rings. The average molecular weight is 307 g/mol. The largest absolute Gasteiger partial charge is 0.329 e. The number of halogens is 2. The van der Waals surface area contributed by atoms with Crippen LogP contribution in [0.2, 0.25) is 10.0 Å². The molecule has 20 heavy (non-hydrogen) atoms. The number of hydrogen-bond donors (Lipinski definition) is 0. The Hall–Kier alpha value is -1.71. The second-order valence-electron chi connectivity index (χ2n) is 4.52. The minimum atomic E-state index is -0.0467. The molecule has 0 spiro atoms. The number of carbonyl (C=O) groups excluding carboxylic acids is 1. The summed E-state index contributed by atoms with van der Waals surface area (Å²) >= 11 is 11.9. The third-order valence-electron chi connectivity index (χ3n) is 3.29. The Morgan fingerprint density at radius 2 is 1.45 bits per heavy atom. The summed E-state index contributed by atoms with van der Waals surface area (Å²) in [6.45, 7) is 1.29. The van der Waals surface area contributed by atoms with E-state index in [1.54, 1.807) is 28.0 Å². The van der Waals surface area contributed by atoms with Crippen molar-refractivity contribution in [2.24, 2.45) is 0 Å². The smallest absolute Gasteiger partial charge is 0.292 e. The van der Waals surface area contributed by atoms with Gasteiger partial charge < -0.3 is 0 Å². The van der Waals surface area contributed by atoms with Crippen LogP contribution in [-0.2, 0) is 0 Å². The van der Waals surface area contributed by atoms with Crippen LogP contribution in [0.25, 0.3) is 0 Å². The minimum Gasteiger partial charge on any atom is -0.292 e. The fourth-order valence-electron chi connectivity index (χ4n) is 2.28. The summed E-state index contributed by atoms with van der Waals surface area (Å²) in [5, 5.41) is 0.942. The van der Waals surface area contributed by atoms with Gasteiger partial charge >= 0.3 is 6.03 Å². The zero-order valence-corrected chi connectivity index (χ0v) is 12.1. The van der Waals surface area contributed by atoms with Crippen molar-refractivity contribution in [2.75, 3.05) is 22.9 Å². The molecule has 3 nitrogen and oxygen atoms in total. The van der Waals surface area contributed by atoms with Gasteiger partial charge in [-0.2, -0.15) is 0 Å². The maximum absolute atomic E-state index is 12.5. The van der Waals surface area contributed by atoms with Gasteiger partial charge in [-0.15, -0.1) is 0 Å². The number of hydrogen-bond acceptors (Lipinski definition) is 1. The number of rotatable bonds is 2. The van der Waals surface area contributed by atoms with Crippen LogP contribution in [0.4, 0.5) is 16.2 Å². The quantitative estimate of drug-likeness (QED) is 0.804. The first-order valence-electron chi connectivity index (χ1n) is 6.26. The molecule has 0 N–H and O–H groups in total. The van der Waals surface area contributed by atoms with Gasteiger partial charge in [-0.05, 0) is 30.3 Å². The van der Waals surface area contributed by atoms with Crippen LogP contribution in [0.5, 0.6) is 0 Å². The molecule has 3 rings (SSSR count). The lowest BCUT2D eigenvalue weighted by atomic mass is 10.3. The highest BCUT2D eigenvalue weighted by atomic mass is 35.5. The molecule has 0 bridgehead atoms. The van der Waals surface area contributed by atoms with Crippen LogP contribution in [0.3, 0.4) is 0 Å². The molecule has 0 aliphatic carbocycles. The zero-order valence-electron chi connectivity index (χ0n) is 10.6. The van der Waals surface area contributed by atoms with Gasteiger partial charge in [-0.3, -0.25) is 9.80 Å². The van der Waals surface area contributed by atoms with Crippen LogP contribution in [0, 0.1) is 0 Å². The molecule has 2 aromatic carbocycles. The van der Waals surface area contributed by atoms with E-state index in [4.69, 9.17) is 23.2 Å². The Bertz CT molecular complexity index is 646. The maximum Gasteiger partial charge on any atom is 0.329 e. The lowest BCUT2D eigenvalue weighted by Crippen LogP contribution is -2.31. The second kappa shape index (κ2) is 5.35. The SMILES string of the molecule is O=C1N(c2ccccc2)CCN1c1ccc(Cl)c(Cl)c1. The van der Waals surface area contributed by atoms with Crippen molar-refractivity contribution < 1.29 is 4.79 Å². The predicted molar refractivity (Wildman–Crippen MR) is 83.0 cm³/mol. The van der Waals surface area contributed by atoms with Gasteiger partial charge in [-0.25, -0.2) is 4.79 Å². The molecule has 1 aliphatic heterocycles. The van der Waals surface area contributed by atoms with E-state index in [2.05, 4.69) is 0 Å². The van der Waals surface area contributed by atoms with Crippen molar-refractivity contribution >= 4 is 40.6 Å². The lowest BCUT2D eigenvalue weighted by Gasteiger charge is -2.19. The standard InChI is InChI=1S/C15H12Cl2N2O/c16-13-7-6-12(10-14(13)17)19-9-8-18(15(19)20)11-4-2-1-3-5-11/h1-7,10H,8-9H2. The van der Waals surface area contributed by atoms with Crippen LogP contribution in [0.15, 0.2) is 48.5 Å². The van der Waals surface area contributed by atoms with E-state index in [0.717, 1.165) is 11.4 Å².